The molecule has 0 radical (unpaired) electrons. The first-order chi connectivity index (χ1) is 15.6. The Labute approximate surface area is 228 Å². The molecule has 0 aromatic heterocycles. The van der Waals surface area contributed by atoms with Crippen molar-refractivity contribution in [3.05, 3.63) is 0 Å². The Bertz CT molecular complexity index is 836. The van der Waals surface area contributed by atoms with Gasteiger partial charge in [0.25, 0.3) is 20.4 Å². The number of hydrogen-bond donors (Lipinski definition) is 3. The minimum Gasteiger partial charge on any atom is -0.201 e. The minimum atomic E-state index is -4.10. The van der Waals surface area contributed by atoms with Gasteiger partial charge in [0.05, 0.1) is 0 Å². The Kier molecular flexibility index (Phi) is 7.38. The molecule has 34 heavy (non-hydrogen) atoms. The van der Waals surface area contributed by atoms with E-state index in [1.54, 1.807) is 0 Å². The standard InChI is InChI=1S/C24H41N3O4S2.Na/c28-32(29,25-3-1-23-11-17-5-18(12-23)7-19(6-17)13-23)27-33(30,31)26-4-2-24-14-20-8-21(15-24)10-22(9-20)16-24;/h17-22,25-27H,1-16H2;/q;+1. The van der Waals surface area contributed by atoms with Gasteiger partial charge in [-0.1, -0.05) is 4.13 Å². The predicted octanol–water partition coefficient (Wildman–Crippen LogP) is 0.462. The fraction of sp³-hybridized carbons (Fsp3) is 1.00. The molecular formula is C24H41N3NaO4S2+. The summed E-state index contributed by atoms with van der Waals surface area (Å²) in [6.07, 6.45) is 17.1. The monoisotopic (exact) mass is 522 g/mol. The fourth-order valence-electron chi connectivity index (χ4n) is 10.3. The van der Waals surface area contributed by atoms with Gasteiger partial charge in [0.2, 0.25) is 0 Å². The fourth-order valence-corrected chi connectivity index (χ4v) is 12.7. The molecule has 0 amide bonds. The van der Waals surface area contributed by atoms with E-state index in [1.807, 2.05) is 4.13 Å². The molecule has 8 aliphatic carbocycles. The van der Waals surface area contributed by atoms with E-state index in [0.717, 1.165) is 48.3 Å². The summed E-state index contributed by atoms with van der Waals surface area (Å²) in [5, 5.41) is 0. The molecule has 0 unspecified atom stereocenters. The first-order valence-corrected chi connectivity index (χ1v) is 16.3. The van der Waals surface area contributed by atoms with E-state index >= 15 is 0 Å². The minimum absolute atomic E-state index is 0. The molecule has 8 saturated carbocycles. The van der Waals surface area contributed by atoms with Crippen LogP contribution in [-0.2, 0) is 20.4 Å². The van der Waals surface area contributed by atoms with Crippen LogP contribution in [0.15, 0.2) is 0 Å². The van der Waals surface area contributed by atoms with Gasteiger partial charge in [-0.25, -0.2) is 9.44 Å². The summed E-state index contributed by atoms with van der Waals surface area (Å²) < 4.78 is 56.8. The third-order valence-corrected chi connectivity index (χ3v) is 13.4. The van der Waals surface area contributed by atoms with Crippen LogP contribution in [0, 0.1) is 46.3 Å². The molecule has 8 bridgehead atoms. The maximum atomic E-state index is 12.5. The smallest absolute Gasteiger partial charge is 0.201 e. The maximum Gasteiger partial charge on any atom is 1.00 e. The van der Waals surface area contributed by atoms with Crippen LogP contribution in [0.3, 0.4) is 0 Å². The van der Waals surface area contributed by atoms with E-state index < -0.39 is 20.4 Å². The van der Waals surface area contributed by atoms with Gasteiger partial charge < -0.3 is 0 Å². The predicted molar refractivity (Wildman–Crippen MR) is 127 cm³/mol. The van der Waals surface area contributed by atoms with Crippen LogP contribution >= 0.6 is 0 Å². The summed E-state index contributed by atoms with van der Waals surface area (Å²) in [6.45, 7) is 0.620. The average molecular weight is 523 g/mol. The molecule has 0 heterocycles. The molecular weight excluding hydrogens is 481 g/mol. The molecule has 0 atom stereocenters. The second-order valence-electron chi connectivity index (χ2n) is 13.2. The third kappa shape index (κ3) is 5.62. The zero-order valence-electron chi connectivity index (χ0n) is 20.7. The summed E-state index contributed by atoms with van der Waals surface area (Å²) in [5.41, 5.74) is 0.540. The summed E-state index contributed by atoms with van der Waals surface area (Å²) in [4.78, 5) is 0. The summed E-state index contributed by atoms with van der Waals surface area (Å²) in [5.74, 6) is 4.94. The second-order valence-corrected chi connectivity index (χ2v) is 16.5. The van der Waals surface area contributed by atoms with Gasteiger partial charge in [0.15, 0.2) is 0 Å². The van der Waals surface area contributed by atoms with Gasteiger partial charge in [-0.05, 0) is 136 Å². The Hall–Kier alpha value is 0.780. The van der Waals surface area contributed by atoms with Crippen molar-refractivity contribution in [2.24, 2.45) is 46.3 Å². The van der Waals surface area contributed by atoms with E-state index in [2.05, 4.69) is 9.44 Å². The van der Waals surface area contributed by atoms with Crippen LogP contribution in [0.1, 0.15) is 89.9 Å². The zero-order valence-corrected chi connectivity index (χ0v) is 24.4. The van der Waals surface area contributed by atoms with E-state index in [1.165, 1.54) is 77.0 Å². The average Bonchev–Trinajstić information content (AvgIpc) is 2.64. The van der Waals surface area contributed by atoms with Crippen LogP contribution in [-0.4, -0.2) is 29.9 Å². The van der Waals surface area contributed by atoms with E-state index in [4.69, 9.17) is 0 Å². The summed E-state index contributed by atoms with van der Waals surface area (Å²) in [7, 11) is -8.20. The van der Waals surface area contributed by atoms with E-state index in [9.17, 15) is 16.8 Å². The van der Waals surface area contributed by atoms with Crippen LogP contribution in [0.2, 0.25) is 0 Å². The van der Waals surface area contributed by atoms with Crippen LogP contribution in [0.25, 0.3) is 0 Å². The van der Waals surface area contributed by atoms with Crippen molar-refractivity contribution in [1.82, 2.24) is 13.6 Å². The number of rotatable bonds is 10. The molecule has 0 spiro atoms. The van der Waals surface area contributed by atoms with Gasteiger partial charge >= 0.3 is 29.6 Å². The number of nitrogens with one attached hydrogen (secondary N) is 3. The Morgan fingerprint density at radius 3 is 1.06 bits per heavy atom. The van der Waals surface area contributed by atoms with Gasteiger partial charge in [-0.2, -0.15) is 16.8 Å². The molecule has 7 nitrogen and oxygen atoms in total. The Balaban J connectivity index is 0.00000241. The molecule has 8 rings (SSSR count). The first kappa shape index (κ1) is 26.4. The van der Waals surface area contributed by atoms with Gasteiger partial charge in [0.1, 0.15) is 0 Å². The van der Waals surface area contributed by atoms with Crippen molar-refractivity contribution < 1.29 is 46.4 Å². The Morgan fingerprint density at radius 1 is 0.529 bits per heavy atom. The van der Waals surface area contributed by atoms with Gasteiger partial charge in [-0.15, -0.1) is 0 Å². The van der Waals surface area contributed by atoms with Crippen molar-refractivity contribution in [1.29, 1.82) is 0 Å². The normalized spacial score (nSPS) is 44.4. The van der Waals surface area contributed by atoms with Crippen molar-refractivity contribution in [2.45, 2.75) is 89.9 Å². The van der Waals surface area contributed by atoms with Gasteiger partial charge in [-0.3, -0.25) is 0 Å². The SMILES string of the molecule is O=S(=O)(NCCC12CC3CC(CC(C3)C1)C2)NS(=O)(=O)NCCC12CC3CC(CC(C3)C1)C2.[Na+]. The van der Waals surface area contributed by atoms with Crippen molar-refractivity contribution >= 4 is 20.4 Å². The van der Waals surface area contributed by atoms with Crippen molar-refractivity contribution in [3.8, 4) is 0 Å². The first-order valence-electron chi connectivity index (χ1n) is 13.4. The molecule has 8 fully saturated rings. The second kappa shape index (κ2) is 9.51. The van der Waals surface area contributed by atoms with Crippen LogP contribution in [0.5, 0.6) is 0 Å². The summed E-state index contributed by atoms with van der Waals surface area (Å²) >= 11 is 0. The zero-order chi connectivity index (χ0) is 22.9. The molecule has 0 saturated heterocycles. The maximum absolute atomic E-state index is 12.5. The van der Waals surface area contributed by atoms with Crippen LogP contribution < -0.4 is 43.1 Å². The molecule has 0 aromatic carbocycles. The molecule has 10 heteroatoms. The van der Waals surface area contributed by atoms with Crippen LogP contribution in [0.4, 0.5) is 0 Å². The molecule has 8 aliphatic rings. The molecule has 188 valence electrons. The van der Waals surface area contributed by atoms with Crippen molar-refractivity contribution in [2.75, 3.05) is 13.1 Å². The van der Waals surface area contributed by atoms with E-state index in [0.29, 0.717) is 13.1 Å². The largest absolute Gasteiger partial charge is 1.00 e. The third-order valence-electron chi connectivity index (χ3n) is 10.4. The molecule has 0 aromatic rings. The molecule has 0 aliphatic heterocycles. The number of hydrogen-bond acceptors (Lipinski definition) is 4. The molecule has 3 N–H and O–H groups in total. The Morgan fingerprint density at radius 2 is 0.794 bits per heavy atom. The van der Waals surface area contributed by atoms with Gasteiger partial charge in [0, 0.05) is 13.1 Å². The topological polar surface area (TPSA) is 104 Å². The quantitative estimate of drug-likeness (QED) is 0.363. The van der Waals surface area contributed by atoms with Crippen molar-refractivity contribution in [3.63, 3.8) is 0 Å². The van der Waals surface area contributed by atoms with E-state index in [-0.39, 0.29) is 40.4 Å². The summed E-state index contributed by atoms with van der Waals surface area (Å²) in [6, 6.07) is 0.